The van der Waals surface area contributed by atoms with Gasteiger partial charge in [-0.1, -0.05) is 0 Å². The van der Waals surface area contributed by atoms with E-state index in [0.717, 1.165) is 36.3 Å². The molecule has 2 heterocycles. The Balaban J connectivity index is 1.98. The quantitative estimate of drug-likeness (QED) is 0.751. The maximum absolute atomic E-state index is 5.76. The molecule has 0 radical (unpaired) electrons. The Kier molecular flexibility index (Phi) is 1.89. The number of hydrogen-bond donors (Lipinski definition) is 1. The second-order valence-corrected chi connectivity index (χ2v) is 3.93. The topological polar surface area (TPSA) is 53.1 Å². The third-order valence-corrected chi connectivity index (χ3v) is 2.84. The van der Waals surface area contributed by atoms with Gasteiger partial charge in [-0.2, -0.15) is 0 Å². The van der Waals surface area contributed by atoms with Crippen LogP contribution in [0, 0.1) is 0 Å². The molecule has 1 aliphatic rings. The van der Waals surface area contributed by atoms with Crippen molar-refractivity contribution in [2.45, 2.75) is 19.1 Å². The molecule has 1 fully saturated rings. The first-order valence-corrected chi connectivity index (χ1v) is 5.15. The number of rotatable bonds is 2. The maximum atomic E-state index is 5.76. The molecule has 1 aromatic heterocycles. The highest BCUT2D eigenvalue weighted by atomic mass is 16.5. The molecular formula is C11H13N3O. The summed E-state index contributed by atoms with van der Waals surface area (Å²) in [5, 5.41) is 0. The number of fused-ring (bicyclic) bond motifs is 1. The largest absolute Gasteiger partial charge is 0.399 e. The molecule has 3 rings (SSSR count). The summed E-state index contributed by atoms with van der Waals surface area (Å²) in [7, 11) is 0. The van der Waals surface area contributed by atoms with E-state index in [2.05, 4.69) is 9.55 Å². The van der Waals surface area contributed by atoms with Crippen molar-refractivity contribution in [1.82, 2.24) is 9.55 Å². The molecule has 1 saturated heterocycles. The van der Waals surface area contributed by atoms with E-state index in [1.165, 1.54) is 0 Å². The minimum atomic E-state index is 0.351. The first kappa shape index (κ1) is 8.73. The van der Waals surface area contributed by atoms with Crippen molar-refractivity contribution < 1.29 is 4.74 Å². The van der Waals surface area contributed by atoms with Crippen LogP contribution in [0.2, 0.25) is 0 Å². The van der Waals surface area contributed by atoms with Crippen LogP contribution in [0.1, 0.15) is 6.42 Å². The van der Waals surface area contributed by atoms with Gasteiger partial charge < -0.3 is 15.0 Å². The van der Waals surface area contributed by atoms with Gasteiger partial charge in [-0.25, -0.2) is 4.98 Å². The fraction of sp³-hybridized carbons (Fsp3) is 0.364. The molecule has 0 spiro atoms. The lowest BCUT2D eigenvalue weighted by Gasteiger charge is -2.26. The standard InChI is InChI=1S/C11H13N3O/c12-8-1-2-10-11(5-8)14(7-13-10)6-9-3-4-15-9/h1-2,5,7,9H,3-4,6,12H2. The molecule has 1 aliphatic heterocycles. The van der Waals surface area contributed by atoms with Gasteiger partial charge in [-0.15, -0.1) is 0 Å². The number of nitrogen functional groups attached to an aromatic ring is 1. The van der Waals surface area contributed by atoms with E-state index < -0.39 is 0 Å². The van der Waals surface area contributed by atoms with Gasteiger partial charge in [0, 0.05) is 12.3 Å². The predicted molar refractivity (Wildman–Crippen MR) is 58.5 cm³/mol. The van der Waals surface area contributed by atoms with Crippen molar-refractivity contribution in [2.75, 3.05) is 12.3 Å². The fourth-order valence-corrected chi connectivity index (χ4v) is 1.87. The Hall–Kier alpha value is -1.55. The number of nitrogens with zero attached hydrogens (tertiary/aromatic N) is 2. The van der Waals surface area contributed by atoms with Crippen LogP contribution < -0.4 is 5.73 Å². The number of nitrogens with two attached hydrogens (primary N) is 1. The van der Waals surface area contributed by atoms with Crippen molar-refractivity contribution >= 4 is 16.7 Å². The monoisotopic (exact) mass is 203 g/mol. The first-order chi connectivity index (χ1) is 7.33. The Morgan fingerprint density at radius 1 is 1.53 bits per heavy atom. The highest BCUT2D eigenvalue weighted by Crippen LogP contribution is 2.19. The SMILES string of the molecule is Nc1ccc2ncn(CC3CCO3)c2c1. The number of ether oxygens (including phenoxy) is 1. The molecule has 0 saturated carbocycles. The van der Waals surface area contributed by atoms with Crippen LogP contribution in [-0.4, -0.2) is 22.3 Å². The molecule has 1 atom stereocenters. The first-order valence-electron chi connectivity index (χ1n) is 5.15. The van der Waals surface area contributed by atoms with Crippen molar-refractivity contribution in [3.05, 3.63) is 24.5 Å². The predicted octanol–water partition coefficient (Wildman–Crippen LogP) is 1.41. The molecule has 1 unspecified atom stereocenters. The van der Waals surface area contributed by atoms with Crippen molar-refractivity contribution in [3.8, 4) is 0 Å². The Bertz CT molecular complexity index is 488. The third-order valence-electron chi connectivity index (χ3n) is 2.84. The Morgan fingerprint density at radius 3 is 3.13 bits per heavy atom. The number of aromatic nitrogens is 2. The van der Waals surface area contributed by atoms with Gasteiger partial charge in [0.05, 0.1) is 30.0 Å². The van der Waals surface area contributed by atoms with Crippen molar-refractivity contribution in [1.29, 1.82) is 0 Å². The van der Waals surface area contributed by atoms with Gasteiger partial charge in [0.1, 0.15) is 0 Å². The van der Waals surface area contributed by atoms with Gasteiger partial charge in [-0.3, -0.25) is 0 Å². The number of benzene rings is 1. The van der Waals surface area contributed by atoms with Gasteiger partial charge in [0.25, 0.3) is 0 Å². The summed E-state index contributed by atoms with van der Waals surface area (Å²) in [6.07, 6.45) is 3.34. The number of hydrogen-bond acceptors (Lipinski definition) is 3. The second-order valence-electron chi connectivity index (χ2n) is 3.93. The third kappa shape index (κ3) is 1.47. The lowest BCUT2D eigenvalue weighted by Crippen LogP contribution is -2.30. The lowest BCUT2D eigenvalue weighted by atomic mass is 10.2. The highest BCUT2D eigenvalue weighted by molar-refractivity contribution is 5.78. The molecule has 0 bridgehead atoms. The average molecular weight is 203 g/mol. The molecule has 0 amide bonds. The van der Waals surface area contributed by atoms with Crippen LogP contribution in [0.15, 0.2) is 24.5 Å². The summed E-state index contributed by atoms with van der Waals surface area (Å²) in [6.45, 7) is 1.76. The normalized spacial score (nSPS) is 20.4. The summed E-state index contributed by atoms with van der Waals surface area (Å²) in [6, 6.07) is 5.78. The van der Waals surface area contributed by atoms with Crippen LogP contribution in [-0.2, 0) is 11.3 Å². The van der Waals surface area contributed by atoms with E-state index in [9.17, 15) is 0 Å². The molecular weight excluding hydrogens is 190 g/mol. The van der Waals surface area contributed by atoms with E-state index >= 15 is 0 Å². The zero-order valence-electron chi connectivity index (χ0n) is 8.39. The summed E-state index contributed by atoms with van der Waals surface area (Å²) in [4.78, 5) is 4.32. The Morgan fingerprint density at radius 2 is 2.40 bits per heavy atom. The highest BCUT2D eigenvalue weighted by Gasteiger charge is 2.19. The van der Waals surface area contributed by atoms with Crippen LogP contribution in [0.5, 0.6) is 0 Å². The molecule has 4 heteroatoms. The maximum Gasteiger partial charge on any atom is 0.0959 e. The molecule has 0 aliphatic carbocycles. The molecule has 15 heavy (non-hydrogen) atoms. The van der Waals surface area contributed by atoms with Crippen LogP contribution in [0.3, 0.4) is 0 Å². The second kappa shape index (κ2) is 3.24. The molecule has 2 N–H and O–H groups in total. The van der Waals surface area contributed by atoms with Crippen LogP contribution in [0.4, 0.5) is 5.69 Å². The minimum Gasteiger partial charge on any atom is -0.399 e. The Labute approximate surface area is 87.7 Å². The number of anilines is 1. The van der Waals surface area contributed by atoms with E-state index in [4.69, 9.17) is 10.5 Å². The molecule has 1 aromatic carbocycles. The van der Waals surface area contributed by atoms with E-state index in [1.54, 1.807) is 0 Å². The average Bonchev–Trinajstić information content (AvgIpc) is 2.54. The zero-order valence-corrected chi connectivity index (χ0v) is 8.39. The van der Waals surface area contributed by atoms with Crippen molar-refractivity contribution in [2.24, 2.45) is 0 Å². The lowest BCUT2D eigenvalue weighted by molar-refractivity contribution is -0.0586. The van der Waals surface area contributed by atoms with E-state index in [-0.39, 0.29) is 0 Å². The smallest absolute Gasteiger partial charge is 0.0959 e. The summed E-state index contributed by atoms with van der Waals surface area (Å²) >= 11 is 0. The summed E-state index contributed by atoms with van der Waals surface area (Å²) < 4.78 is 7.51. The summed E-state index contributed by atoms with van der Waals surface area (Å²) in [5.41, 5.74) is 8.61. The van der Waals surface area contributed by atoms with Gasteiger partial charge >= 0.3 is 0 Å². The van der Waals surface area contributed by atoms with E-state index in [0.29, 0.717) is 6.10 Å². The summed E-state index contributed by atoms with van der Waals surface area (Å²) in [5.74, 6) is 0. The van der Waals surface area contributed by atoms with Gasteiger partial charge in [-0.05, 0) is 24.6 Å². The zero-order chi connectivity index (χ0) is 10.3. The van der Waals surface area contributed by atoms with E-state index in [1.807, 2.05) is 24.5 Å². The van der Waals surface area contributed by atoms with Gasteiger partial charge in [0.15, 0.2) is 0 Å². The molecule has 78 valence electrons. The number of imidazole rings is 1. The van der Waals surface area contributed by atoms with Gasteiger partial charge in [0.2, 0.25) is 0 Å². The van der Waals surface area contributed by atoms with Crippen molar-refractivity contribution in [3.63, 3.8) is 0 Å². The molecule has 4 nitrogen and oxygen atoms in total. The minimum absolute atomic E-state index is 0.351. The fourth-order valence-electron chi connectivity index (χ4n) is 1.87. The van der Waals surface area contributed by atoms with Crippen LogP contribution >= 0.6 is 0 Å². The molecule has 2 aromatic rings. The van der Waals surface area contributed by atoms with Crippen LogP contribution in [0.25, 0.3) is 11.0 Å².